The van der Waals surface area contributed by atoms with Crippen molar-refractivity contribution in [2.75, 3.05) is 0 Å². The van der Waals surface area contributed by atoms with Crippen molar-refractivity contribution in [3.8, 4) is 0 Å². The van der Waals surface area contributed by atoms with E-state index in [0.29, 0.717) is 10.6 Å². The van der Waals surface area contributed by atoms with Crippen molar-refractivity contribution in [1.82, 2.24) is 10.3 Å². The second-order valence-corrected chi connectivity index (χ2v) is 5.08. The van der Waals surface area contributed by atoms with Crippen LogP contribution in [0.25, 0.3) is 0 Å². The molecule has 0 radical (unpaired) electrons. The van der Waals surface area contributed by atoms with Crippen LogP contribution in [0.15, 0.2) is 42.6 Å². The fraction of sp³-hybridized carbons (Fsp3) is 0.250. The summed E-state index contributed by atoms with van der Waals surface area (Å²) < 4.78 is 0. The molecular weight excluding hydrogens is 272 g/mol. The molecule has 1 aromatic carbocycles. The molecule has 104 valence electrons. The van der Waals surface area contributed by atoms with Gasteiger partial charge in [0.15, 0.2) is 0 Å². The van der Waals surface area contributed by atoms with Gasteiger partial charge >= 0.3 is 0 Å². The molecule has 0 saturated heterocycles. The highest BCUT2D eigenvalue weighted by molar-refractivity contribution is 6.30. The van der Waals surface area contributed by atoms with Gasteiger partial charge in [-0.15, -0.1) is 0 Å². The average Bonchev–Trinajstić information content (AvgIpc) is 2.48. The van der Waals surface area contributed by atoms with Gasteiger partial charge in [-0.05, 0) is 49.2 Å². The van der Waals surface area contributed by atoms with Crippen molar-refractivity contribution in [2.45, 2.75) is 26.3 Å². The first kappa shape index (κ1) is 14.5. The zero-order valence-electron chi connectivity index (χ0n) is 11.6. The quantitative estimate of drug-likeness (QED) is 0.930. The monoisotopic (exact) mass is 288 g/mol. The minimum Gasteiger partial charge on any atom is -0.344 e. The Hall–Kier alpha value is -1.87. The number of benzene rings is 1. The lowest BCUT2D eigenvalue weighted by Gasteiger charge is -2.13. The molecule has 0 aliphatic carbocycles. The van der Waals surface area contributed by atoms with E-state index in [1.54, 1.807) is 24.3 Å². The van der Waals surface area contributed by atoms with Crippen molar-refractivity contribution < 1.29 is 4.79 Å². The van der Waals surface area contributed by atoms with E-state index in [1.165, 1.54) is 5.56 Å². The van der Waals surface area contributed by atoms with Crippen LogP contribution in [-0.4, -0.2) is 10.9 Å². The number of hydrogen-bond donors (Lipinski definition) is 1. The molecule has 1 aromatic heterocycles. The van der Waals surface area contributed by atoms with Gasteiger partial charge < -0.3 is 5.32 Å². The maximum atomic E-state index is 12.1. The summed E-state index contributed by atoms with van der Waals surface area (Å²) in [6, 6.07) is 10.7. The Bertz CT molecular complexity index is 578. The van der Waals surface area contributed by atoms with Crippen LogP contribution in [0.5, 0.6) is 0 Å². The van der Waals surface area contributed by atoms with Crippen LogP contribution in [0.3, 0.4) is 0 Å². The van der Waals surface area contributed by atoms with Gasteiger partial charge in [-0.2, -0.15) is 0 Å². The van der Waals surface area contributed by atoms with Crippen molar-refractivity contribution in [3.63, 3.8) is 0 Å². The first-order chi connectivity index (χ1) is 9.60. The maximum absolute atomic E-state index is 12.1. The Morgan fingerprint density at radius 2 is 1.95 bits per heavy atom. The molecule has 0 saturated carbocycles. The fourth-order valence-electron chi connectivity index (χ4n) is 1.86. The molecular formula is C16H17ClN2O. The van der Waals surface area contributed by atoms with E-state index in [4.69, 9.17) is 11.6 Å². The minimum atomic E-state index is -0.135. The van der Waals surface area contributed by atoms with Crippen molar-refractivity contribution in [2.24, 2.45) is 0 Å². The number of nitrogens with zero attached hydrogens (tertiary/aromatic N) is 1. The van der Waals surface area contributed by atoms with Crippen molar-refractivity contribution in [1.29, 1.82) is 0 Å². The van der Waals surface area contributed by atoms with E-state index in [1.807, 2.05) is 25.3 Å². The van der Waals surface area contributed by atoms with E-state index in [9.17, 15) is 4.79 Å². The van der Waals surface area contributed by atoms with Gasteiger partial charge in [0.2, 0.25) is 0 Å². The summed E-state index contributed by atoms with van der Waals surface area (Å²) in [6.07, 6.45) is 2.80. The molecule has 1 unspecified atom stereocenters. The summed E-state index contributed by atoms with van der Waals surface area (Å²) in [4.78, 5) is 16.5. The molecule has 0 fully saturated rings. The van der Waals surface area contributed by atoms with Gasteiger partial charge in [0.1, 0.15) is 0 Å². The van der Waals surface area contributed by atoms with Gasteiger partial charge in [-0.3, -0.25) is 9.78 Å². The average molecular weight is 289 g/mol. The largest absolute Gasteiger partial charge is 0.344 e. The number of amides is 1. The Morgan fingerprint density at radius 1 is 1.25 bits per heavy atom. The van der Waals surface area contributed by atoms with Crippen LogP contribution in [0.1, 0.15) is 41.5 Å². The minimum absolute atomic E-state index is 0.129. The highest BCUT2D eigenvalue weighted by atomic mass is 35.5. The number of hydrogen-bond acceptors (Lipinski definition) is 2. The number of nitrogens with one attached hydrogen (secondary N) is 1. The summed E-state index contributed by atoms with van der Waals surface area (Å²) in [5.74, 6) is -0.129. The van der Waals surface area contributed by atoms with E-state index >= 15 is 0 Å². The van der Waals surface area contributed by atoms with Gasteiger partial charge in [0.25, 0.3) is 5.91 Å². The molecule has 1 heterocycles. The van der Waals surface area contributed by atoms with Crippen LogP contribution in [0, 0.1) is 0 Å². The summed E-state index contributed by atoms with van der Waals surface area (Å²) in [6.45, 7) is 4.00. The number of carbonyl (C=O) groups excluding carboxylic acids is 1. The normalized spacial score (nSPS) is 11.9. The molecule has 4 heteroatoms. The molecule has 3 nitrogen and oxygen atoms in total. The highest BCUT2D eigenvalue weighted by Crippen LogP contribution is 2.13. The number of halogens is 1. The van der Waals surface area contributed by atoms with E-state index in [-0.39, 0.29) is 11.9 Å². The highest BCUT2D eigenvalue weighted by Gasteiger charge is 2.12. The molecule has 0 aliphatic rings. The molecule has 0 aliphatic heterocycles. The van der Waals surface area contributed by atoms with E-state index in [0.717, 1.165) is 12.1 Å². The second kappa shape index (κ2) is 6.53. The van der Waals surface area contributed by atoms with E-state index in [2.05, 4.69) is 17.2 Å². The van der Waals surface area contributed by atoms with Crippen molar-refractivity contribution >= 4 is 17.5 Å². The van der Waals surface area contributed by atoms with Gasteiger partial charge in [0.05, 0.1) is 11.7 Å². The zero-order valence-corrected chi connectivity index (χ0v) is 12.3. The van der Waals surface area contributed by atoms with Crippen LogP contribution >= 0.6 is 11.6 Å². The summed E-state index contributed by atoms with van der Waals surface area (Å²) in [5.41, 5.74) is 2.63. The Labute approximate surface area is 124 Å². The third-order valence-electron chi connectivity index (χ3n) is 3.15. The Balaban J connectivity index is 2.04. The third kappa shape index (κ3) is 3.58. The van der Waals surface area contributed by atoms with Crippen molar-refractivity contribution in [3.05, 3.63) is 64.4 Å². The van der Waals surface area contributed by atoms with Crippen LogP contribution in [0.4, 0.5) is 0 Å². The lowest BCUT2D eigenvalue weighted by Crippen LogP contribution is -2.27. The standard InChI is InChI=1S/C16H17ClN2O/c1-3-12-4-9-15(18-10-12)11(2)19-16(20)13-5-7-14(17)8-6-13/h4-11H,3H2,1-2H3,(H,19,20). The summed E-state index contributed by atoms with van der Waals surface area (Å²) in [5, 5.41) is 3.54. The van der Waals surface area contributed by atoms with Gasteiger partial charge in [-0.1, -0.05) is 24.6 Å². The third-order valence-corrected chi connectivity index (χ3v) is 3.41. The maximum Gasteiger partial charge on any atom is 0.251 e. The topological polar surface area (TPSA) is 42.0 Å². The molecule has 1 atom stereocenters. The first-order valence-electron chi connectivity index (χ1n) is 6.61. The van der Waals surface area contributed by atoms with Crippen LogP contribution in [0.2, 0.25) is 5.02 Å². The Morgan fingerprint density at radius 3 is 2.50 bits per heavy atom. The predicted octanol–water partition coefficient (Wildman–Crippen LogP) is 3.79. The lowest BCUT2D eigenvalue weighted by molar-refractivity contribution is 0.0939. The number of aryl methyl sites for hydroxylation is 1. The number of pyridine rings is 1. The number of rotatable bonds is 4. The molecule has 20 heavy (non-hydrogen) atoms. The zero-order chi connectivity index (χ0) is 14.5. The van der Waals surface area contributed by atoms with Gasteiger partial charge in [-0.25, -0.2) is 0 Å². The molecule has 2 rings (SSSR count). The summed E-state index contributed by atoms with van der Waals surface area (Å²) in [7, 11) is 0. The van der Waals surface area contributed by atoms with Gasteiger partial charge in [0, 0.05) is 16.8 Å². The molecule has 0 bridgehead atoms. The van der Waals surface area contributed by atoms with Crippen LogP contribution < -0.4 is 5.32 Å². The van der Waals surface area contributed by atoms with Crippen LogP contribution in [-0.2, 0) is 6.42 Å². The Kier molecular flexibility index (Phi) is 4.74. The summed E-state index contributed by atoms with van der Waals surface area (Å²) >= 11 is 5.80. The molecule has 0 spiro atoms. The lowest BCUT2D eigenvalue weighted by atomic mass is 10.1. The molecule has 1 amide bonds. The first-order valence-corrected chi connectivity index (χ1v) is 6.99. The molecule has 1 N–H and O–H groups in total. The number of carbonyl (C=O) groups is 1. The molecule has 2 aromatic rings. The van der Waals surface area contributed by atoms with E-state index < -0.39 is 0 Å². The fourth-order valence-corrected chi connectivity index (χ4v) is 1.98. The predicted molar refractivity (Wildman–Crippen MR) is 80.9 cm³/mol. The number of aromatic nitrogens is 1. The SMILES string of the molecule is CCc1ccc(C(C)NC(=O)c2ccc(Cl)cc2)nc1. The second-order valence-electron chi connectivity index (χ2n) is 4.65. The smallest absolute Gasteiger partial charge is 0.251 e.